The van der Waals surface area contributed by atoms with Gasteiger partial charge in [-0.05, 0) is 66.9 Å². The van der Waals surface area contributed by atoms with Gasteiger partial charge in [0.1, 0.15) is 36.4 Å². The summed E-state index contributed by atoms with van der Waals surface area (Å²) in [7, 11) is 3.18. The number of amides is 2. The molecule has 6 rings (SSSR count). The predicted molar refractivity (Wildman–Crippen MR) is 185 cm³/mol. The Morgan fingerprint density at radius 2 is 1.67 bits per heavy atom. The molecule has 3 aromatic carbocycles. The van der Waals surface area contributed by atoms with E-state index in [1.165, 1.54) is 6.33 Å². The third-order valence-corrected chi connectivity index (χ3v) is 8.25. The zero-order valence-electron chi connectivity index (χ0n) is 26.5. The van der Waals surface area contributed by atoms with Crippen LogP contribution in [0.5, 0.6) is 17.2 Å². The molecule has 48 heavy (non-hydrogen) atoms. The summed E-state index contributed by atoms with van der Waals surface area (Å²) < 4.78 is 16.8. The van der Waals surface area contributed by atoms with Crippen LogP contribution in [0.1, 0.15) is 31.4 Å². The third kappa shape index (κ3) is 8.51. The molecule has 0 radical (unpaired) electrons. The van der Waals surface area contributed by atoms with Gasteiger partial charge < -0.3 is 35.5 Å². The zero-order valence-corrected chi connectivity index (χ0v) is 26.5. The van der Waals surface area contributed by atoms with Gasteiger partial charge in [0.25, 0.3) is 0 Å². The van der Waals surface area contributed by atoms with Gasteiger partial charge in [0.15, 0.2) is 11.5 Å². The summed E-state index contributed by atoms with van der Waals surface area (Å²) >= 11 is 0. The van der Waals surface area contributed by atoms with Gasteiger partial charge in [-0.3, -0.25) is 14.5 Å². The molecule has 2 atom stereocenters. The molecule has 0 spiro atoms. The number of nitrogens with zero attached hydrogens (tertiary/aromatic N) is 3. The summed E-state index contributed by atoms with van der Waals surface area (Å²) in [6, 6.07) is 21.7. The number of nitrogens with one attached hydrogen (secondary N) is 4. The summed E-state index contributed by atoms with van der Waals surface area (Å²) in [4.78, 5) is 38.3. The van der Waals surface area contributed by atoms with Crippen LogP contribution in [0.25, 0.3) is 0 Å². The molecule has 3 heterocycles. The Kier molecular flexibility index (Phi) is 11.3. The monoisotopic (exact) mass is 653 g/mol. The highest BCUT2D eigenvalue weighted by molar-refractivity contribution is 5.90. The average Bonchev–Trinajstić information content (AvgIpc) is 3.55. The molecule has 12 nitrogen and oxygen atoms in total. The number of fused-ring (bicyclic) bond motifs is 7. The topological polar surface area (TPSA) is 139 Å². The molecule has 2 aliphatic heterocycles. The fourth-order valence-electron chi connectivity index (χ4n) is 5.88. The van der Waals surface area contributed by atoms with Crippen molar-refractivity contribution < 1.29 is 23.8 Å². The molecule has 1 fully saturated rings. The van der Waals surface area contributed by atoms with Crippen LogP contribution in [0.2, 0.25) is 0 Å². The number of methoxy groups -OCH3 is 2. The van der Waals surface area contributed by atoms with E-state index in [9.17, 15) is 9.59 Å². The number of hydrogen-bond donors (Lipinski definition) is 4. The first-order valence-corrected chi connectivity index (χ1v) is 15.7. The quantitative estimate of drug-likeness (QED) is 0.243. The Labute approximate surface area is 281 Å². The van der Waals surface area contributed by atoms with Crippen LogP contribution in [0.3, 0.4) is 0 Å². The van der Waals surface area contributed by atoms with E-state index in [0.717, 1.165) is 41.2 Å². The molecule has 4 N–H and O–H groups in total. The van der Waals surface area contributed by atoms with Gasteiger partial charge in [-0.15, -0.1) is 0 Å². The number of carbonyl (C=O) groups is 2. The van der Waals surface area contributed by atoms with Gasteiger partial charge in [0, 0.05) is 36.5 Å². The van der Waals surface area contributed by atoms with Crippen LogP contribution in [0.4, 0.5) is 23.0 Å². The number of anilines is 4. The second kappa shape index (κ2) is 16.0. The van der Waals surface area contributed by atoms with Gasteiger partial charge in [-0.1, -0.05) is 31.7 Å². The van der Waals surface area contributed by atoms with Crippen LogP contribution >= 0.6 is 0 Å². The Bertz CT molecular complexity index is 1700. The molecule has 6 bridgehead atoms. The molecular weight excluding hydrogens is 610 g/mol. The van der Waals surface area contributed by atoms with Crippen molar-refractivity contribution in [3.63, 3.8) is 0 Å². The maximum Gasteiger partial charge on any atom is 0.243 e. The number of carbonyl (C=O) groups excluding carboxylic acids is 2. The molecule has 0 aliphatic carbocycles. The Balaban J connectivity index is 0.00000451. The van der Waals surface area contributed by atoms with Crippen molar-refractivity contribution >= 4 is 34.8 Å². The van der Waals surface area contributed by atoms with Crippen molar-refractivity contribution in [1.82, 2.24) is 25.5 Å². The SMILES string of the molecule is C.COc1ccc(C[C@@H]2NC(=O)[C@@H]3CCCN3Cc3cccc(c3)Nc3cc(ncn3)Nc3ccc(OC)c(c3)OCCNC2=O)cc1. The fraction of sp³-hybridized carbons (Fsp3) is 0.333. The first kappa shape index (κ1) is 34.0. The van der Waals surface area contributed by atoms with E-state index < -0.39 is 6.04 Å². The summed E-state index contributed by atoms with van der Waals surface area (Å²) in [5.41, 5.74) is 3.56. The normalized spacial score (nSPS) is 18.5. The minimum absolute atomic E-state index is 0. The lowest BCUT2D eigenvalue weighted by molar-refractivity contribution is -0.131. The smallest absolute Gasteiger partial charge is 0.243 e. The van der Waals surface area contributed by atoms with E-state index >= 15 is 0 Å². The van der Waals surface area contributed by atoms with E-state index in [2.05, 4.69) is 42.2 Å². The van der Waals surface area contributed by atoms with Crippen LogP contribution in [-0.4, -0.2) is 72.7 Å². The molecule has 12 heteroatoms. The number of hydrogen-bond acceptors (Lipinski definition) is 10. The summed E-state index contributed by atoms with van der Waals surface area (Å²) in [6.45, 7) is 1.79. The molecule has 2 amide bonds. The molecule has 1 aromatic heterocycles. The van der Waals surface area contributed by atoms with E-state index in [1.807, 2.05) is 60.7 Å². The van der Waals surface area contributed by atoms with Crippen molar-refractivity contribution in [2.24, 2.45) is 0 Å². The molecule has 4 aromatic rings. The van der Waals surface area contributed by atoms with Crippen LogP contribution in [0.15, 0.2) is 79.1 Å². The van der Waals surface area contributed by atoms with Crippen molar-refractivity contribution in [2.75, 3.05) is 44.5 Å². The lowest BCUT2D eigenvalue weighted by Crippen LogP contribution is -2.53. The fourth-order valence-corrected chi connectivity index (χ4v) is 5.88. The lowest BCUT2D eigenvalue weighted by Gasteiger charge is -2.26. The van der Waals surface area contributed by atoms with Crippen LogP contribution < -0.4 is 35.5 Å². The molecule has 252 valence electrons. The van der Waals surface area contributed by atoms with Crippen molar-refractivity contribution in [2.45, 2.75) is 45.3 Å². The van der Waals surface area contributed by atoms with Gasteiger partial charge in [-0.25, -0.2) is 9.97 Å². The van der Waals surface area contributed by atoms with Crippen molar-refractivity contribution in [3.05, 3.63) is 90.3 Å². The average molecular weight is 654 g/mol. The molecular formula is C36H43N7O5. The van der Waals surface area contributed by atoms with Gasteiger partial charge >= 0.3 is 0 Å². The van der Waals surface area contributed by atoms with E-state index in [1.54, 1.807) is 20.3 Å². The Hall–Kier alpha value is -5.36. The van der Waals surface area contributed by atoms with Crippen molar-refractivity contribution in [3.8, 4) is 17.2 Å². The number of ether oxygens (including phenoxy) is 3. The summed E-state index contributed by atoms with van der Waals surface area (Å²) in [6.07, 6.45) is 3.42. The third-order valence-electron chi connectivity index (χ3n) is 8.25. The highest BCUT2D eigenvalue weighted by Gasteiger charge is 2.33. The predicted octanol–water partition coefficient (Wildman–Crippen LogP) is 4.82. The second-order valence-electron chi connectivity index (χ2n) is 11.5. The second-order valence-corrected chi connectivity index (χ2v) is 11.5. The molecule has 0 saturated carbocycles. The highest BCUT2D eigenvalue weighted by Crippen LogP contribution is 2.32. The molecule has 0 unspecified atom stereocenters. The summed E-state index contributed by atoms with van der Waals surface area (Å²) in [5.74, 6) is 2.55. The van der Waals surface area contributed by atoms with E-state index in [-0.39, 0.29) is 38.4 Å². The standard InChI is InChI=1S/C35H39N7O5.CH4/c1-45-27-11-8-23(9-12-27)18-28-34(43)36-14-16-47-31-19-26(10-13-30(31)46-2)40-33-20-32(37-22-38-33)39-25-6-3-5-24(17-25)21-42-15-4-7-29(42)35(44)41-28;/h3,5-6,8-13,17,19-20,22,28-29H,4,7,14-16,18,21H2,1-2H3,(H,36,43)(H,41,44)(H2,37,38,39,40);1H4/t28-,29-;/m0./s1. The van der Waals surface area contributed by atoms with E-state index in [0.29, 0.717) is 42.5 Å². The number of benzene rings is 3. The minimum Gasteiger partial charge on any atom is -0.497 e. The van der Waals surface area contributed by atoms with Crippen molar-refractivity contribution in [1.29, 1.82) is 0 Å². The van der Waals surface area contributed by atoms with Gasteiger partial charge in [0.05, 0.1) is 26.8 Å². The van der Waals surface area contributed by atoms with E-state index in [4.69, 9.17) is 14.2 Å². The minimum atomic E-state index is -0.778. The number of rotatable bonds is 4. The zero-order chi connectivity index (χ0) is 32.6. The van der Waals surface area contributed by atoms with Crippen LogP contribution in [-0.2, 0) is 22.6 Å². The lowest BCUT2D eigenvalue weighted by atomic mass is 10.0. The maximum absolute atomic E-state index is 13.8. The van der Waals surface area contributed by atoms with Gasteiger partial charge in [0.2, 0.25) is 11.8 Å². The number of aromatic nitrogens is 2. The first-order valence-electron chi connectivity index (χ1n) is 15.7. The Morgan fingerprint density at radius 1 is 0.896 bits per heavy atom. The summed E-state index contributed by atoms with van der Waals surface area (Å²) in [5, 5.41) is 12.7. The molecule has 2 aliphatic rings. The van der Waals surface area contributed by atoms with Gasteiger partial charge in [-0.2, -0.15) is 0 Å². The van der Waals surface area contributed by atoms with Crippen LogP contribution in [0, 0.1) is 0 Å². The highest BCUT2D eigenvalue weighted by atomic mass is 16.5. The molecule has 1 saturated heterocycles. The largest absolute Gasteiger partial charge is 0.497 e. The maximum atomic E-state index is 13.8. The Morgan fingerprint density at radius 3 is 2.42 bits per heavy atom. The first-order chi connectivity index (χ1) is 23.0.